The Morgan fingerprint density at radius 1 is 1.26 bits per heavy atom. The molecule has 0 saturated heterocycles. The van der Waals surface area contributed by atoms with Crippen molar-refractivity contribution >= 4 is 21.6 Å². The first-order chi connectivity index (χ1) is 8.64. The van der Waals surface area contributed by atoms with Gasteiger partial charge < -0.3 is 5.21 Å². The van der Waals surface area contributed by atoms with Crippen molar-refractivity contribution in [3.8, 4) is 0 Å². The van der Waals surface area contributed by atoms with Gasteiger partial charge in [0.25, 0.3) is 10.2 Å². The number of anilines is 1. The largest absolute Gasteiger partial charge is 0.411 e. The van der Waals surface area contributed by atoms with Crippen molar-refractivity contribution in [1.29, 1.82) is 0 Å². The number of hydrogen-bond acceptors (Lipinski definition) is 4. The normalized spacial score (nSPS) is 13.4. The van der Waals surface area contributed by atoms with Crippen LogP contribution in [0, 0.1) is 0 Å². The summed E-state index contributed by atoms with van der Waals surface area (Å²) in [6.45, 7) is 6.83. The molecule has 0 aliphatic rings. The molecule has 0 radical (unpaired) electrons. The van der Waals surface area contributed by atoms with Crippen LogP contribution in [-0.4, -0.2) is 24.9 Å². The Kier molecular flexibility index (Phi) is 4.54. The molecule has 106 valence electrons. The molecule has 0 spiro atoms. The number of rotatable bonds is 4. The highest BCUT2D eigenvalue weighted by atomic mass is 32.2. The molecule has 3 N–H and O–H groups in total. The third kappa shape index (κ3) is 4.88. The summed E-state index contributed by atoms with van der Waals surface area (Å²) in [4.78, 5) is 0. The van der Waals surface area contributed by atoms with Crippen molar-refractivity contribution in [2.75, 3.05) is 4.72 Å². The predicted molar refractivity (Wildman–Crippen MR) is 75.9 cm³/mol. The van der Waals surface area contributed by atoms with Crippen LogP contribution in [0.15, 0.2) is 29.4 Å². The number of hydrogen-bond donors (Lipinski definition) is 3. The van der Waals surface area contributed by atoms with Crippen LogP contribution in [0.3, 0.4) is 0 Å². The Hall–Kier alpha value is -1.60. The van der Waals surface area contributed by atoms with Crippen LogP contribution < -0.4 is 9.44 Å². The first kappa shape index (κ1) is 15.5. The maximum Gasteiger partial charge on any atom is 0.299 e. The lowest BCUT2D eigenvalue weighted by atomic mass is 10.1. The second-order valence-electron chi connectivity index (χ2n) is 5.19. The zero-order valence-electron chi connectivity index (χ0n) is 11.4. The van der Waals surface area contributed by atoms with Crippen LogP contribution in [0.2, 0.25) is 0 Å². The molecule has 0 amide bonds. The van der Waals surface area contributed by atoms with E-state index in [-0.39, 0.29) is 0 Å². The van der Waals surface area contributed by atoms with Crippen LogP contribution in [0.5, 0.6) is 0 Å². The molecule has 0 aliphatic carbocycles. The van der Waals surface area contributed by atoms with Gasteiger partial charge in [-0.1, -0.05) is 23.4 Å². The van der Waals surface area contributed by atoms with E-state index in [0.29, 0.717) is 17.0 Å². The molecule has 0 atom stereocenters. The molecule has 19 heavy (non-hydrogen) atoms. The van der Waals surface area contributed by atoms with Gasteiger partial charge in [0.15, 0.2) is 0 Å². The van der Waals surface area contributed by atoms with Gasteiger partial charge in [0.1, 0.15) is 0 Å². The van der Waals surface area contributed by atoms with Gasteiger partial charge in [-0.3, -0.25) is 4.72 Å². The Morgan fingerprint density at radius 3 is 2.37 bits per heavy atom. The first-order valence-corrected chi connectivity index (χ1v) is 7.23. The molecule has 6 nitrogen and oxygen atoms in total. The maximum atomic E-state index is 12.0. The summed E-state index contributed by atoms with van der Waals surface area (Å²) in [5, 5.41) is 11.9. The zero-order chi connectivity index (χ0) is 14.7. The minimum absolute atomic E-state index is 0.328. The minimum atomic E-state index is -3.69. The van der Waals surface area contributed by atoms with E-state index in [0.717, 1.165) is 0 Å². The Balaban J connectivity index is 3.07. The number of nitrogens with one attached hydrogen (secondary N) is 2. The quantitative estimate of drug-likeness (QED) is 0.448. The summed E-state index contributed by atoms with van der Waals surface area (Å²) in [6.07, 6.45) is 0. The second-order valence-corrected chi connectivity index (χ2v) is 6.60. The standard InChI is InChI=1S/C12H19N3O3S/c1-9(13-16)10-7-5-6-8-11(10)14-19(17,18)15-12(2,3)4/h5-8,14-16H,1-4H3/b13-9-. The van der Waals surface area contributed by atoms with Crippen molar-refractivity contribution in [1.82, 2.24) is 4.72 Å². The van der Waals surface area contributed by atoms with Crippen molar-refractivity contribution in [2.45, 2.75) is 33.2 Å². The Morgan fingerprint density at radius 2 is 1.84 bits per heavy atom. The number of nitrogens with zero attached hydrogens (tertiary/aromatic N) is 1. The molecule has 0 bridgehead atoms. The lowest BCUT2D eigenvalue weighted by Gasteiger charge is -2.21. The van der Waals surface area contributed by atoms with E-state index in [9.17, 15) is 8.42 Å². The molecule has 7 heteroatoms. The fourth-order valence-electron chi connectivity index (χ4n) is 1.51. The molecule has 0 saturated carbocycles. The number of benzene rings is 1. The van der Waals surface area contributed by atoms with Crippen molar-refractivity contribution in [3.63, 3.8) is 0 Å². The van der Waals surface area contributed by atoms with E-state index < -0.39 is 15.7 Å². The molecule has 0 aliphatic heterocycles. The van der Waals surface area contributed by atoms with Crippen LogP contribution >= 0.6 is 0 Å². The highest BCUT2D eigenvalue weighted by Crippen LogP contribution is 2.17. The third-order valence-electron chi connectivity index (χ3n) is 2.15. The van der Waals surface area contributed by atoms with Gasteiger partial charge in [0.05, 0.1) is 11.4 Å². The summed E-state index contributed by atoms with van der Waals surface area (Å²) in [6, 6.07) is 6.71. The van der Waals surface area contributed by atoms with Crippen molar-refractivity contribution < 1.29 is 13.6 Å². The molecule has 1 rings (SSSR count). The molecule has 1 aromatic rings. The van der Waals surface area contributed by atoms with Gasteiger partial charge in [-0.05, 0) is 33.8 Å². The van der Waals surface area contributed by atoms with E-state index in [1.165, 1.54) is 0 Å². The van der Waals surface area contributed by atoms with Crippen molar-refractivity contribution in [3.05, 3.63) is 29.8 Å². The third-order valence-corrected chi connectivity index (χ3v) is 3.52. The van der Waals surface area contributed by atoms with E-state index in [1.54, 1.807) is 52.0 Å². The summed E-state index contributed by atoms with van der Waals surface area (Å²) in [5.74, 6) is 0. The highest BCUT2D eigenvalue weighted by molar-refractivity contribution is 7.90. The minimum Gasteiger partial charge on any atom is -0.411 e. The first-order valence-electron chi connectivity index (χ1n) is 5.74. The van der Waals surface area contributed by atoms with Crippen LogP contribution in [0.1, 0.15) is 33.3 Å². The summed E-state index contributed by atoms with van der Waals surface area (Å²) in [5.41, 5.74) is 0.619. The Bertz CT molecular complexity index is 574. The fourth-order valence-corrected chi connectivity index (χ4v) is 2.84. The van der Waals surface area contributed by atoms with Gasteiger partial charge in [0, 0.05) is 11.1 Å². The van der Waals surface area contributed by atoms with E-state index >= 15 is 0 Å². The van der Waals surface area contributed by atoms with Gasteiger partial charge >= 0.3 is 0 Å². The lowest BCUT2D eigenvalue weighted by molar-refractivity contribution is 0.319. The average molecular weight is 285 g/mol. The molecule has 1 aromatic carbocycles. The van der Waals surface area contributed by atoms with Crippen molar-refractivity contribution in [2.24, 2.45) is 5.16 Å². The van der Waals surface area contributed by atoms with Gasteiger partial charge in [-0.15, -0.1) is 0 Å². The van der Waals surface area contributed by atoms with Crippen LogP contribution in [0.25, 0.3) is 0 Å². The predicted octanol–water partition coefficient (Wildman–Crippen LogP) is 1.93. The maximum absolute atomic E-state index is 12.0. The average Bonchev–Trinajstić information content (AvgIpc) is 2.24. The number of oxime groups is 1. The molecule has 0 aromatic heterocycles. The molecule has 0 fully saturated rings. The highest BCUT2D eigenvalue weighted by Gasteiger charge is 2.20. The zero-order valence-corrected chi connectivity index (χ0v) is 12.2. The monoisotopic (exact) mass is 285 g/mol. The summed E-state index contributed by atoms with van der Waals surface area (Å²) in [7, 11) is -3.69. The topological polar surface area (TPSA) is 90.8 Å². The molecule has 0 heterocycles. The smallest absolute Gasteiger partial charge is 0.299 e. The molecular formula is C12H19N3O3S. The van der Waals surface area contributed by atoms with E-state index in [1.807, 2.05) is 0 Å². The van der Waals surface area contributed by atoms with E-state index in [4.69, 9.17) is 5.21 Å². The van der Waals surface area contributed by atoms with E-state index in [2.05, 4.69) is 14.6 Å². The number of para-hydroxylation sites is 1. The lowest BCUT2D eigenvalue weighted by Crippen LogP contribution is -2.43. The molecule has 0 unspecified atom stereocenters. The summed E-state index contributed by atoms with van der Waals surface area (Å²) >= 11 is 0. The molecular weight excluding hydrogens is 266 g/mol. The van der Waals surface area contributed by atoms with Crippen LogP contribution in [0.4, 0.5) is 5.69 Å². The summed E-state index contributed by atoms with van der Waals surface area (Å²) < 4.78 is 28.8. The van der Waals surface area contributed by atoms with Crippen LogP contribution in [-0.2, 0) is 10.2 Å². The Labute approximate surface area is 113 Å². The van der Waals surface area contributed by atoms with Gasteiger partial charge in [-0.2, -0.15) is 13.1 Å². The SMILES string of the molecule is C/C(=N/O)c1ccccc1NS(=O)(=O)NC(C)(C)C. The van der Waals surface area contributed by atoms with Gasteiger partial charge in [0.2, 0.25) is 0 Å². The second kappa shape index (κ2) is 5.58. The fraction of sp³-hybridized carbons (Fsp3) is 0.417. The van der Waals surface area contributed by atoms with Gasteiger partial charge in [-0.25, -0.2) is 0 Å².